The maximum absolute atomic E-state index is 13.1. The Balaban J connectivity index is 1.39. The molecule has 39 heavy (non-hydrogen) atoms. The van der Waals surface area contributed by atoms with E-state index < -0.39 is 12.1 Å². The molecule has 0 atom stereocenters. The number of ether oxygens (including phenoxy) is 4. The monoisotopic (exact) mass is 522 g/mol. The van der Waals surface area contributed by atoms with Crippen LogP contribution in [-0.2, 0) is 15.3 Å². The van der Waals surface area contributed by atoms with Crippen LogP contribution >= 0.6 is 0 Å². The van der Waals surface area contributed by atoms with Gasteiger partial charge in [0.05, 0.1) is 5.56 Å². The van der Waals surface area contributed by atoms with Crippen molar-refractivity contribution >= 4 is 11.9 Å². The van der Waals surface area contributed by atoms with Crippen molar-refractivity contribution in [1.82, 2.24) is 0 Å². The molecule has 4 aromatic carbocycles. The van der Waals surface area contributed by atoms with Crippen molar-refractivity contribution in [3.63, 3.8) is 0 Å². The maximum Gasteiger partial charge on any atom is 0.305 e. The fourth-order valence-corrected chi connectivity index (χ4v) is 4.54. The largest absolute Gasteiger partial charge is 0.504 e. The first-order valence-corrected chi connectivity index (χ1v) is 13.0. The summed E-state index contributed by atoms with van der Waals surface area (Å²) in [5, 5.41) is 11.1. The molecule has 0 saturated carbocycles. The molecule has 0 saturated heterocycles. The zero-order chi connectivity index (χ0) is 27.2. The van der Waals surface area contributed by atoms with E-state index in [2.05, 4.69) is 0 Å². The molecule has 6 nitrogen and oxygen atoms in total. The number of fused-ring (bicyclic) bond motifs is 1. The van der Waals surface area contributed by atoms with Crippen LogP contribution in [0.3, 0.4) is 0 Å². The molecule has 0 unspecified atom stereocenters. The molecular formula is C33H30O6. The van der Waals surface area contributed by atoms with E-state index in [1.54, 1.807) is 18.2 Å². The van der Waals surface area contributed by atoms with Crippen LogP contribution in [0.2, 0.25) is 0 Å². The Labute approximate surface area is 228 Å². The number of rotatable bonds is 10. The Hall–Kier alpha value is -4.39. The first kappa shape index (κ1) is 26.2. The number of ketones is 1. The molecule has 0 bridgehead atoms. The highest BCUT2D eigenvalue weighted by molar-refractivity contribution is 6.09. The first-order chi connectivity index (χ1) is 19.1. The summed E-state index contributed by atoms with van der Waals surface area (Å²) in [5.41, 5.74) is 3.37. The average molecular weight is 523 g/mol. The van der Waals surface area contributed by atoms with Crippen LogP contribution < -0.4 is 9.47 Å². The summed E-state index contributed by atoms with van der Waals surface area (Å²) in [7, 11) is 0. The Morgan fingerprint density at radius 3 is 1.97 bits per heavy atom. The lowest BCUT2D eigenvalue weighted by Gasteiger charge is -2.28. The summed E-state index contributed by atoms with van der Waals surface area (Å²) in [6.45, 7) is 4.92. The summed E-state index contributed by atoms with van der Waals surface area (Å²) in [6.07, 6.45) is 2.70. The van der Waals surface area contributed by atoms with Crippen LogP contribution in [0, 0.1) is 0 Å². The zero-order valence-electron chi connectivity index (χ0n) is 21.9. The second-order valence-electron chi connectivity index (χ2n) is 8.95. The van der Waals surface area contributed by atoms with Gasteiger partial charge in [0.1, 0.15) is 0 Å². The molecule has 198 valence electrons. The Morgan fingerprint density at radius 1 is 0.821 bits per heavy atom. The Bertz CT molecular complexity index is 1400. The molecule has 1 aliphatic rings. The quantitative estimate of drug-likeness (QED) is 0.137. The van der Waals surface area contributed by atoms with Gasteiger partial charge in [0.25, 0.3) is 0 Å². The molecule has 1 heterocycles. The van der Waals surface area contributed by atoms with E-state index >= 15 is 0 Å². The van der Waals surface area contributed by atoms with Crippen molar-refractivity contribution in [3.8, 4) is 17.2 Å². The smallest absolute Gasteiger partial charge is 0.305 e. The highest BCUT2D eigenvalue weighted by Gasteiger charge is 2.47. The van der Waals surface area contributed by atoms with Gasteiger partial charge in [-0.1, -0.05) is 91.0 Å². The molecule has 1 N–H and O–H groups in total. The van der Waals surface area contributed by atoms with Crippen LogP contribution in [-0.4, -0.2) is 24.1 Å². The number of carbonyl (C=O) groups excluding carboxylic acids is 1. The first-order valence-electron chi connectivity index (χ1n) is 13.0. The molecule has 6 heteroatoms. The Morgan fingerprint density at radius 2 is 1.41 bits per heavy atom. The third-order valence-corrected chi connectivity index (χ3v) is 6.44. The van der Waals surface area contributed by atoms with Crippen molar-refractivity contribution < 1.29 is 28.8 Å². The number of aromatic hydroxyl groups is 1. The van der Waals surface area contributed by atoms with Gasteiger partial charge in [0, 0.05) is 29.9 Å². The summed E-state index contributed by atoms with van der Waals surface area (Å²) < 4.78 is 24.0. The lowest BCUT2D eigenvalue weighted by atomic mass is 9.97. The van der Waals surface area contributed by atoms with Gasteiger partial charge in [0.15, 0.2) is 23.6 Å². The van der Waals surface area contributed by atoms with Crippen molar-refractivity contribution in [2.75, 3.05) is 13.2 Å². The van der Waals surface area contributed by atoms with Gasteiger partial charge in [-0.3, -0.25) is 4.79 Å². The van der Waals surface area contributed by atoms with Gasteiger partial charge in [-0.2, -0.15) is 0 Å². The summed E-state index contributed by atoms with van der Waals surface area (Å²) in [6, 6.07) is 29.8. The number of allylic oxidation sites excluding steroid dienone is 1. The number of phenolic OH excluding ortho intramolecular Hbond substituents is 1. The summed E-state index contributed by atoms with van der Waals surface area (Å²) in [4.78, 5) is 13.1. The molecule has 5 rings (SSSR count). The van der Waals surface area contributed by atoms with Crippen LogP contribution in [0.4, 0.5) is 0 Å². The minimum absolute atomic E-state index is 0.120. The third-order valence-electron chi connectivity index (χ3n) is 6.44. The molecule has 0 radical (unpaired) electrons. The number of phenols is 1. The summed E-state index contributed by atoms with van der Waals surface area (Å²) in [5.74, 6) is -1.43. The van der Waals surface area contributed by atoms with E-state index in [1.165, 1.54) is 6.08 Å². The van der Waals surface area contributed by atoms with E-state index in [1.807, 2.05) is 98.8 Å². The minimum Gasteiger partial charge on any atom is -0.504 e. The molecule has 0 fully saturated rings. The predicted octanol–water partition coefficient (Wildman–Crippen LogP) is 7.03. The van der Waals surface area contributed by atoms with E-state index in [0.29, 0.717) is 19.0 Å². The fourth-order valence-electron chi connectivity index (χ4n) is 4.54. The summed E-state index contributed by atoms with van der Waals surface area (Å²) >= 11 is 0. The number of hydrogen-bond acceptors (Lipinski definition) is 6. The molecule has 0 spiro atoms. The van der Waals surface area contributed by atoms with Crippen molar-refractivity contribution in [2.45, 2.75) is 25.9 Å². The highest BCUT2D eigenvalue weighted by atomic mass is 16.7. The van der Waals surface area contributed by atoms with Crippen LogP contribution in [0.1, 0.15) is 52.7 Å². The van der Waals surface area contributed by atoms with Crippen LogP contribution in [0.25, 0.3) is 6.08 Å². The van der Waals surface area contributed by atoms with E-state index in [9.17, 15) is 9.90 Å². The predicted molar refractivity (Wildman–Crippen MR) is 149 cm³/mol. The van der Waals surface area contributed by atoms with Gasteiger partial charge >= 0.3 is 5.79 Å². The zero-order valence-corrected chi connectivity index (χ0v) is 21.9. The van der Waals surface area contributed by atoms with Crippen LogP contribution in [0.5, 0.6) is 17.2 Å². The third kappa shape index (κ3) is 5.30. The highest BCUT2D eigenvalue weighted by Crippen LogP contribution is 2.52. The molecular weight excluding hydrogens is 492 g/mol. The number of carbonyl (C=O) groups is 1. The van der Waals surface area contributed by atoms with Gasteiger partial charge in [-0.15, -0.1) is 0 Å². The van der Waals surface area contributed by atoms with Crippen molar-refractivity contribution in [2.24, 2.45) is 0 Å². The molecule has 0 amide bonds. The van der Waals surface area contributed by atoms with E-state index in [4.69, 9.17) is 18.9 Å². The van der Waals surface area contributed by atoms with Gasteiger partial charge in [0.2, 0.25) is 5.75 Å². The van der Waals surface area contributed by atoms with Gasteiger partial charge in [-0.05, 0) is 37.6 Å². The SMILES string of the molecule is CCOC(OCC)c1ccc(/C=C/C(=O)c2ccc3c(c2O)OC(c2ccccc2)(c2ccccc2)O3)cc1. The standard InChI is InChI=1S/C33H30O6/c1-3-36-32(37-4-2)24-18-15-23(16-19-24)17-21-28(34)27-20-22-29-31(30(27)35)39-33(38-29,25-11-7-5-8-12-25)26-13-9-6-10-14-26/h5-22,32,35H,3-4H2,1-2H3/b21-17+. The maximum atomic E-state index is 13.1. The second-order valence-corrected chi connectivity index (χ2v) is 8.95. The lowest BCUT2D eigenvalue weighted by Crippen LogP contribution is -2.36. The van der Waals surface area contributed by atoms with Gasteiger partial charge < -0.3 is 24.1 Å². The number of hydrogen-bond donors (Lipinski definition) is 1. The lowest BCUT2D eigenvalue weighted by molar-refractivity contribution is -0.140. The minimum atomic E-state index is -1.29. The second kappa shape index (κ2) is 11.6. The Kier molecular flexibility index (Phi) is 7.77. The van der Waals surface area contributed by atoms with Gasteiger partial charge in [-0.25, -0.2) is 0 Å². The number of benzene rings is 4. The van der Waals surface area contributed by atoms with E-state index in [-0.39, 0.29) is 22.8 Å². The van der Waals surface area contributed by atoms with E-state index in [0.717, 1.165) is 22.3 Å². The topological polar surface area (TPSA) is 74.2 Å². The molecule has 4 aromatic rings. The molecule has 0 aliphatic carbocycles. The van der Waals surface area contributed by atoms with Crippen LogP contribution in [0.15, 0.2) is 103 Å². The molecule has 0 aromatic heterocycles. The average Bonchev–Trinajstić information content (AvgIpc) is 3.39. The van der Waals surface area contributed by atoms with Crippen molar-refractivity contribution in [3.05, 3.63) is 131 Å². The fraction of sp³-hybridized carbons (Fsp3) is 0.182. The molecule has 1 aliphatic heterocycles. The van der Waals surface area contributed by atoms with Crippen molar-refractivity contribution in [1.29, 1.82) is 0 Å². The normalized spacial score (nSPS) is 13.7.